The minimum Gasteiger partial charge on any atom is -0.365 e. The summed E-state index contributed by atoms with van der Waals surface area (Å²) in [4.78, 5) is 25.2. The Kier molecular flexibility index (Phi) is 4.37. The molecule has 4 nitrogen and oxygen atoms in total. The number of anilines is 1. The first-order valence-electron chi connectivity index (χ1n) is 6.01. The summed E-state index contributed by atoms with van der Waals surface area (Å²) in [5, 5.41) is 2.86. The van der Waals surface area contributed by atoms with Crippen LogP contribution in [0, 0.1) is 5.92 Å². The van der Waals surface area contributed by atoms with Gasteiger partial charge in [0.05, 0.1) is 0 Å². The summed E-state index contributed by atoms with van der Waals surface area (Å²) < 4.78 is 0. The Morgan fingerprint density at radius 3 is 2.79 bits per heavy atom. The van der Waals surface area contributed by atoms with Crippen LogP contribution in [0.1, 0.15) is 13.8 Å². The number of carbonyl (C=O) groups excluding carboxylic acids is 2. The summed E-state index contributed by atoms with van der Waals surface area (Å²) in [7, 11) is 0. The van der Waals surface area contributed by atoms with Gasteiger partial charge in [-0.25, -0.2) is 0 Å². The van der Waals surface area contributed by atoms with Gasteiger partial charge < -0.3 is 5.32 Å². The number of imide groups is 1. The van der Waals surface area contributed by atoms with Crippen LogP contribution in [0.25, 0.3) is 0 Å². The van der Waals surface area contributed by atoms with E-state index in [0.717, 1.165) is 17.4 Å². The second-order valence-electron chi connectivity index (χ2n) is 4.76. The fraction of sp³-hybridized carbons (Fsp3) is 0.385. The molecule has 1 fully saturated rings. The largest absolute Gasteiger partial charge is 0.365 e. The van der Waals surface area contributed by atoms with Gasteiger partial charge in [0.15, 0.2) is 5.37 Å². The van der Waals surface area contributed by atoms with Crippen molar-refractivity contribution in [2.75, 3.05) is 11.9 Å². The summed E-state index contributed by atoms with van der Waals surface area (Å²) >= 11 is 6.89. The molecule has 1 N–H and O–H groups in total. The van der Waals surface area contributed by atoms with E-state index < -0.39 is 5.37 Å². The van der Waals surface area contributed by atoms with Crippen LogP contribution >= 0.6 is 23.4 Å². The predicted octanol–water partition coefficient (Wildman–Crippen LogP) is 3.43. The molecule has 0 aromatic heterocycles. The van der Waals surface area contributed by atoms with E-state index in [9.17, 15) is 9.59 Å². The first-order chi connectivity index (χ1) is 8.97. The van der Waals surface area contributed by atoms with Gasteiger partial charge in [0.25, 0.3) is 11.1 Å². The van der Waals surface area contributed by atoms with Crippen molar-refractivity contribution in [2.24, 2.45) is 5.92 Å². The number of halogens is 1. The van der Waals surface area contributed by atoms with Crippen molar-refractivity contribution in [2.45, 2.75) is 19.2 Å². The van der Waals surface area contributed by atoms with E-state index in [2.05, 4.69) is 5.32 Å². The van der Waals surface area contributed by atoms with Crippen LogP contribution in [0.5, 0.6) is 0 Å². The quantitative estimate of drug-likeness (QED) is 0.925. The van der Waals surface area contributed by atoms with Crippen LogP contribution in [-0.4, -0.2) is 28.0 Å². The van der Waals surface area contributed by atoms with Crippen molar-refractivity contribution in [1.29, 1.82) is 0 Å². The van der Waals surface area contributed by atoms with Crippen LogP contribution in [0.3, 0.4) is 0 Å². The molecule has 6 heteroatoms. The maximum absolute atomic E-state index is 12.1. The van der Waals surface area contributed by atoms with Crippen LogP contribution in [0.2, 0.25) is 5.02 Å². The monoisotopic (exact) mass is 298 g/mol. The van der Waals surface area contributed by atoms with Crippen molar-refractivity contribution in [1.82, 2.24) is 4.90 Å². The number of nitrogens with zero attached hydrogens (tertiary/aromatic N) is 1. The Hall–Kier alpha value is -1.20. The smallest absolute Gasteiger partial charge is 0.290 e. The summed E-state index contributed by atoms with van der Waals surface area (Å²) in [5.74, 6) is 0.0714. The van der Waals surface area contributed by atoms with Crippen LogP contribution in [0.4, 0.5) is 10.5 Å². The molecule has 1 aromatic rings. The minimum atomic E-state index is -0.565. The highest BCUT2D eigenvalue weighted by atomic mass is 35.5. The molecule has 102 valence electrons. The van der Waals surface area contributed by atoms with E-state index in [4.69, 9.17) is 11.6 Å². The fourth-order valence-electron chi connectivity index (χ4n) is 1.80. The van der Waals surface area contributed by atoms with Gasteiger partial charge in [-0.15, -0.1) is 0 Å². The molecule has 0 aliphatic carbocycles. The van der Waals surface area contributed by atoms with E-state index in [1.54, 1.807) is 18.2 Å². The number of nitrogens with one attached hydrogen (secondary N) is 1. The van der Waals surface area contributed by atoms with Crippen molar-refractivity contribution in [3.63, 3.8) is 0 Å². The molecule has 1 aliphatic heterocycles. The Labute approximate surface area is 121 Å². The number of rotatable bonds is 4. The Morgan fingerprint density at radius 2 is 2.16 bits per heavy atom. The maximum Gasteiger partial charge on any atom is 0.290 e. The summed E-state index contributed by atoms with van der Waals surface area (Å²) in [5.41, 5.74) is 0.734. The molecular formula is C13H15ClN2O2S. The third kappa shape index (κ3) is 3.42. The summed E-state index contributed by atoms with van der Waals surface area (Å²) in [6, 6.07) is 7.09. The normalized spacial score (nSPS) is 19.4. The second-order valence-corrected chi connectivity index (χ2v) is 6.25. The minimum absolute atomic E-state index is 0.191. The molecule has 0 saturated carbocycles. The van der Waals surface area contributed by atoms with Gasteiger partial charge >= 0.3 is 0 Å². The topological polar surface area (TPSA) is 49.4 Å². The summed E-state index contributed by atoms with van der Waals surface area (Å²) in [6.45, 7) is 4.41. The molecule has 1 saturated heterocycles. The van der Waals surface area contributed by atoms with Crippen LogP contribution in [-0.2, 0) is 4.79 Å². The van der Waals surface area contributed by atoms with Crippen LogP contribution in [0.15, 0.2) is 24.3 Å². The van der Waals surface area contributed by atoms with Gasteiger partial charge in [0.2, 0.25) is 0 Å². The molecular weight excluding hydrogens is 284 g/mol. The molecule has 2 rings (SSSR count). The van der Waals surface area contributed by atoms with E-state index in [1.165, 1.54) is 4.90 Å². The number of benzene rings is 1. The molecule has 1 aromatic carbocycles. The third-order valence-corrected chi connectivity index (χ3v) is 3.81. The van der Waals surface area contributed by atoms with Gasteiger partial charge in [0.1, 0.15) is 0 Å². The highest BCUT2D eigenvalue weighted by Crippen LogP contribution is 2.29. The molecule has 0 radical (unpaired) electrons. The van der Waals surface area contributed by atoms with Crippen molar-refractivity contribution in [3.05, 3.63) is 29.3 Å². The fourth-order valence-corrected chi connectivity index (χ4v) is 2.90. The number of hydrogen-bond acceptors (Lipinski definition) is 4. The Balaban J connectivity index is 2.07. The lowest BCUT2D eigenvalue weighted by atomic mass is 10.2. The summed E-state index contributed by atoms with van der Waals surface area (Å²) in [6.07, 6.45) is 0. The SMILES string of the molecule is CC(C)CN1C(=O)S[C@H](Nc2cccc(Cl)c2)C1=O. The van der Waals surface area contributed by atoms with Gasteiger partial charge in [-0.2, -0.15) is 0 Å². The number of hydrogen-bond donors (Lipinski definition) is 1. The molecule has 1 aliphatic rings. The van der Waals surface area contributed by atoms with Gasteiger partial charge in [0, 0.05) is 17.3 Å². The van der Waals surface area contributed by atoms with E-state index >= 15 is 0 Å². The van der Waals surface area contributed by atoms with Gasteiger partial charge in [-0.1, -0.05) is 31.5 Å². The number of amides is 2. The molecule has 0 bridgehead atoms. The number of thioether (sulfide) groups is 1. The molecule has 0 unspecified atom stereocenters. The number of carbonyl (C=O) groups is 2. The lowest BCUT2D eigenvalue weighted by Crippen LogP contribution is -2.36. The molecule has 1 atom stereocenters. The third-order valence-electron chi connectivity index (χ3n) is 2.60. The zero-order valence-corrected chi connectivity index (χ0v) is 12.3. The van der Waals surface area contributed by atoms with Crippen LogP contribution < -0.4 is 5.32 Å². The standard InChI is InChI=1S/C13H15ClN2O2S/c1-8(2)7-16-12(17)11(19-13(16)18)15-10-5-3-4-9(14)6-10/h3-6,8,11,15H,7H2,1-2H3/t11-/m0/s1. The van der Waals surface area contributed by atoms with Crippen molar-refractivity contribution >= 4 is 40.2 Å². The van der Waals surface area contributed by atoms with Crippen molar-refractivity contribution < 1.29 is 9.59 Å². The molecule has 19 heavy (non-hydrogen) atoms. The lowest BCUT2D eigenvalue weighted by molar-refractivity contribution is -0.126. The molecule has 2 amide bonds. The second kappa shape index (κ2) is 5.84. The Morgan fingerprint density at radius 1 is 1.42 bits per heavy atom. The first-order valence-corrected chi connectivity index (χ1v) is 7.27. The highest BCUT2D eigenvalue weighted by molar-refractivity contribution is 8.15. The van der Waals surface area contributed by atoms with E-state index in [0.29, 0.717) is 11.6 Å². The predicted molar refractivity (Wildman–Crippen MR) is 78.4 cm³/mol. The van der Waals surface area contributed by atoms with E-state index in [1.807, 2.05) is 19.9 Å². The maximum atomic E-state index is 12.1. The highest BCUT2D eigenvalue weighted by Gasteiger charge is 2.39. The first kappa shape index (κ1) is 14.2. The lowest BCUT2D eigenvalue weighted by Gasteiger charge is -2.16. The Bertz CT molecular complexity index is 507. The van der Waals surface area contributed by atoms with E-state index in [-0.39, 0.29) is 17.1 Å². The average molecular weight is 299 g/mol. The molecule has 0 spiro atoms. The average Bonchev–Trinajstić information content (AvgIpc) is 2.57. The van der Waals surface area contributed by atoms with Gasteiger partial charge in [-0.3, -0.25) is 14.5 Å². The van der Waals surface area contributed by atoms with Crippen molar-refractivity contribution in [3.8, 4) is 0 Å². The molecule has 1 heterocycles. The zero-order valence-electron chi connectivity index (χ0n) is 10.7. The van der Waals surface area contributed by atoms with Gasteiger partial charge in [-0.05, 0) is 35.9 Å². The zero-order chi connectivity index (χ0) is 14.0.